The highest BCUT2D eigenvalue weighted by Crippen LogP contribution is 2.34. The summed E-state index contributed by atoms with van der Waals surface area (Å²) in [6.07, 6.45) is 8.77. The molecule has 0 fully saturated rings. The predicted octanol–water partition coefficient (Wildman–Crippen LogP) is 3.39. The number of rotatable bonds is 0. The normalized spacial score (nSPS) is 31.7. The first-order valence-corrected chi connectivity index (χ1v) is 4.30. The van der Waals surface area contributed by atoms with Crippen molar-refractivity contribution in [2.75, 3.05) is 0 Å². The predicted molar refractivity (Wildman–Crippen MR) is 45.9 cm³/mol. The van der Waals surface area contributed by atoms with Crippen LogP contribution >= 0.6 is 0 Å². The standard InChI is InChI=1S/C10H18/c1-9-7-5-4-6-8-10(9,2)3/h6,8-9H,4-5,7H2,1-3H3. The van der Waals surface area contributed by atoms with E-state index in [9.17, 15) is 0 Å². The van der Waals surface area contributed by atoms with Gasteiger partial charge in [-0.1, -0.05) is 32.9 Å². The molecule has 0 heterocycles. The number of allylic oxidation sites excluding steroid dienone is 2. The fourth-order valence-electron chi connectivity index (χ4n) is 1.47. The van der Waals surface area contributed by atoms with E-state index in [0.717, 1.165) is 5.92 Å². The van der Waals surface area contributed by atoms with Gasteiger partial charge in [0.25, 0.3) is 0 Å². The second-order valence-corrected chi connectivity index (χ2v) is 4.06. The summed E-state index contributed by atoms with van der Waals surface area (Å²) >= 11 is 0. The molecule has 0 nitrogen and oxygen atoms in total. The Morgan fingerprint density at radius 2 is 2.10 bits per heavy atom. The SMILES string of the molecule is CC1CCCC=CC1(C)C. The van der Waals surface area contributed by atoms with Crippen LogP contribution in [0.1, 0.15) is 40.0 Å². The summed E-state index contributed by atoms with van der Waals surface area (Å²) in [7, 11) is 0. The molecule has 0 radical (unpaired) electrons. The highest BCUT2D eigenvalue weighted by molar-refractivity contribution is 4.99. The quantitative estimate of drug-likeness (QED) is 0.450. The van der Waals surface area contributed by atoms with E-state index in [1.807, 2.05) is 0 Å². The zero-order valence-corrected chi connectivity index (χ0v) is 7.35. The van der Waals surface area contributed by atoms with Crippen molar-refractivity contribution in [1.82, 2.24) is 0 Å². The minimum atomic E-state index is 0.441. The molecule has 0 amide bonds. The van der Waals surface area contributed by atoms with Gasteiger partial charge in [0.05, 0.1) is 0 Å². The van der Waals surface area contributed by atoms with Crippen LogP contribution in [0.2, 0.25) is 0 Å². The van der Waals surface area contributed by atoms with E-state index in [4.69, 9.17) is 0 Å². The number of hydrogen-bond donors (Lipinski definition) is 0. The van der Waals surface area contributed by atoms with Crippen molar-refractivity contribution in [1.29, 1.82) is 0 Å². The Balaban J connectivity index is 2.67. The summed E-state index contributed by atoms with van der Waals surface area (Å²) < 4.78 is 0. The molecule has 0 aromatic rings. The van der Waals surface area contributed by atoms with Gasteiger partial charge in [-0.3, -0.25) is 0 Å². The molecule has 1 aliphatic carbocycles. The first kappa shape index (κ1) is 7.84. The van der Waals surface area contributed by atoms with Crippen LogP contribution in [0.5, 0.6) is 0 Å². The number of hydrogen-bond acceptors (Lipinski definition) is 0. The maximum absolute atomic E-state index is 2.38. The third-order valence-electron chi connectivity index (χ3n) is 2.83. The van der Waals surface area contributed by atoms with E-state index in [2.05, 4.69) is 32.9 Å². The van der Waals surface area contributed by atoms with Gasteiger partial charge in [0.1, 0.15) is 0 Å². The molecule has 1 atom stereocenters. The Labute approximate surface area is 64.3 Å². The minimum Gasteiger partial charge on any atom is -0.0880 e. The summed E-state index contributed by atoms with van der Waals surface area (Å²) in [5, 5.41) is 0. The van der Waals surface area contributed by atoms with Gasteiger partial charge in [0.2, 0.25) is 0 Å². The highest BCUT2D eigenvalue weighted by atomic mass is 14.3. The molecular weight excluding hydrogens is 120 g/mol. The van der Waals surface area contributed by atoms with Gasteiger partial charge >= 0.3 is 0 Å². The first-order chi connectivity index (χ1) is 4.63. The van der Waals surface area contributed by atoms with Crippen molar-refractivity contribution in [3.05, 3.63) is 12.2 Å². The Morgan fingerprint density at radius 3 is 2.80 bits per heavy atom. The van der Waals surface area contributed by atoms with Gasteiger partial charge in [0.15, 0.2) is 0 Å². The Morgan fingerprint density at radius 1 is 1.40 bits per heavy atom. The van der Waals surface area contributed by atoms with Gasteiger partial charge < -0.3 is 0 Å². The molecule has 0 bridgehead atoms. The lowest BCUT2D eigenvalue weighted by Gasteiger charge is -2.26. The molecule has 0 heteroatoms. The average Bonchev–Trinajstić information content (AvgIpc) is 1.96. The topological polar surface area (TPSA) is 0 Å². The third kappa shape index (κ3) is 1.62. The van der Waals surface area contributed by atoms with E-state index in [-0.39, 0.29) is 0 Å². The second-order valence-electron chi connectivity index (χ2n) is 4.06. The van der Waals surface area contributed by atoms with Crippen LogP contribution < -0.4 is 0 Å². The van der Waals surface area contributed by atoms with Crippen molar-refractivity contribution in [2.24, 2.45) is 11.3 Å². The third-order valence-corrected chi connectivity index (χ3v) is 2.83. The van der Waals surface area contributed by atoms with E-state index in [0.29, 0.717) is 5.41 Å². The van der Waals surface area contributed by atoms with Crippen molar-refractivity contribution in [3.63, 3.8) is 0 Å². The molecule has 1 rings (SSSR count). The summed E-state index contributed by atoms with van der Waals surface area (Å²) in [6.45, 7) is 7.02. The van der Waals surface area contributed by atoms with Crippen LogP contribution in [0, 0.1) is 11.3 Å². The van der Waals surface area contributed by atoms with E-state index < -0.39 is 0 Å². The molecule has 0 saturated carbocycles. The Kier molecular flexibility index (Phi) is 2.18. The van der Waals surface area contributed by atoms with Gasteiger partial charge in [-0.25, -0.2) is 0 Å². The first-order valence-electron chi connectivity index (χ1n) is 4.30. The van der Waals surface area contributed by atoms with Crippen LogP contribution in [0.25, 0.3) is 0 Å². The molecule has 0 aromatic heterocycles. The molecule has 0 saturated heterocycles. The summed E-state index contributed by atoms with van der Waals surface area (Å²) in [5.41, 5.74) is 0.441. The van der Waals surface area contributed by atoms with Crippen molar-refractivity contribution in [2.45, 2.75) is 40.0 Å². The molecule has 0 aromatic carbocycles. The average molecular weight is 138 g/mol. The smallest absolute Gasteiger partial charge is 0.0149 e. The maximum atomic E-state index is 2.38. The van der Waals surface area contributed by atoms with Crippen molar-refractivity contribution < 1.29 is 0 Å². The van der Waals surface area contributed by atoms with Gasteiger partial charge in [0, 0.05) is 0 Å². The molecule has 0 N–H and O–H groups in total. The molecule has 10 heavy (non-hydrogen) atoms. The zero-order valence-electron chi connectivity index (χ0n) is 7.35. The monoisotopic (exact) mass is 138 g/mol. The Hall–Kier alpha value is -0.260. The van der Waals surface area contributed by atoms with E-state index in [1.54, 1.807) is 0 Å². The molecular formula is C10H18. The molecule has 0 aliphatic heterocycles. The van der Waals surface area contributed by atoms with Crippen molar-refractivity contribution in [3.8, 4) is 0 Å². The fourth-order valence-corrected chi connectivity index (χ4v) is 1.47. The lowest BCUT2D eigenvalue weighted by Crippen LogP contribution is -2.17. The summed E-state index contributed by atoms with van der Waals surface area (Å²) in [6, 6.07) is 0. The maximum Gasteiger partial charge on any atom is -0.0149 e. The fraction of sp³-hybridized carbons (Fsp3) is 0.800. The molecule has 1 unspecified atom stereocenters. The van der Waals surface area contributed by atoms with Crippen LogP contribution in [-0.4, -0.2) is 0 Å². The van der Waals surface area contributed by atoms with E-state index in [1.165, 1.54) is 19.3 Å². The summed E-state index contributed by atoms with van der Waals surface area (Å²) in [5.74, 6) is 0.853. The van der Waals surface area contributed by atoms with Gasteiger partial charge in [-0.15, -0.1) is 0 Å². The van der Waals surface area contributed by atoms with Crippen molar-refractivity contribution >= 4 is 0 Å². The van der Waals surface area contributed by atoms with Crippen LogP contribution in [0.3, 0.4) is 0 Å². The van der Waals surface area contributed by atoms with E-state index >= 15 is 0 Å². The minimum absolute atomic E-state index is 0.441. The Bertz CT molecular complexity index is 131. The zero-order chi connectivity index (χ0) is 7.61. The molecule has 58 valence electrons. The second kappa shape index (κ2) is 2.77. The van der Waals surface area contributed by atoms with Crippen LogP contribution in [0.15, 0.2) is 12.2 Å². The lowest BCUT2D eigenvalue weighted by atomic mass is 9.79. The summed E-state index contributed by atoms with van der Waals surface area (Å²) in [4.78, 5) is 0. The van der Waals surface area contributed by atoms with Crippen LogP contribution in [-0.2, 0) is 0 Å². The molecule has 1 aliphatic rings. The highest BCUT2D eigenvalue weighted by Gasteiger charge is 2.23. The van der Waals surface area contributed by atoms with Gasteiger partial charge in [-0.05, 0) is 30.6 Å². The largest absolute Gasteiger partial charge is 0.0880 e. The van der Waals surface area contributed by atoms with Crippen LogP contribution in [0.4, 0.5) is 0 Å². The van der Waals surface area contributed by atoms with Gasteiger partial charge in [-0.2, -0.15) is 0 Å². The molecule has 0 spiro atoms. The lowest BCUT2D eigenvalue weighted by molar-refractivity contribution is 0.292.